The second-order valence-electron chi connectivity index (χ2n) is 6.51. The first-order valence-corrected chi connectivity index (χ1v) is 9.26. The number of piperazine rings is 1. The third-order valence-electron chi connectivity index (χ3n) is 4.74. The minimum Gasteiger partial charge on any atom is -0.358 e. The zero-order chi connectivity index (χ0) is 19.5. The number of rotatable bonds is 4. The van der Waals surface area contributed by atoms with E-state index in [-0.39, 0.29) is 17.5 Å². The van der Waals surface area contributed by atoms with Crippen LogP contribution in [0.15, 0.2) is 59.7 Å². The first kappa shape index (κ1) is 18.2. The fourth-order valence-electron chi connectivity index (χ4n) is 3.30. The molecule has 8 heteroatoms. The highest BCUT2D eigenvalue weighted by molar-refractivity contribution is 6.33. The quantitative estimate of drug-likeness (QED) is 0.733. The Morgan fingerprint density at radius 1 is 1.07 bits per heavy atom. The number of H-pyrrole nitrogens is 1. The lowest BCUT2D eigenvalue weighted by Gasteiger charge is -2.35. The Bertz CT molecular complexity index is 1050. The SMILES string of the molecule is O=C1CN(c2cn[nH]c(=O)c2Cl)CCN1Cc1cccnc1-c1ccccc1. The Morgan fingerprint density at radius 3 is 2.68 bits per heavy atom. The van der Waals surface area contributed by atoms with E-state index in [1.165, 1.54) is 6.20 Å². The predicted molar refractivity (Wildman–Crippen MR) is 107 cm³/mol. The van der Waals surface area contributed by atoms with Gasteiger partial charge in [-0.1, -0.05) is 48.0 Å². The van der Waals surface area contributed by atoms with E-state index in [2.05, 4.69) is 15.2 Å². The van der Waals surface area contributed by atoms with E-state index in [9.17, 15) is 9.59 Å². The van der Waals surface area contributed by atoms with Crippen LogP contribution in [0.3, 0.4) is 0 Å². The zero-order valence-electron chi connectivity index (χ0n) is 15.0. The molecular formula is C20H18ClN5O2. The minimum absolute atomic E-state index is 0.0366. The van der Waals surface area contributed by atoms with Crippen LogP contribution >= 0.6 is 11.6 Å². The summed E-state index contributed by atoms with van der Waals surface area (Å²) in [6.07, 6.45) is 3.23. The maximum atomic E-state index is 12.7. The second kappa shape index (κ2) is 7.82. The summed E-state index contributed by atoms with van der Waals surface area (Å²) in [5, 5.41) is 6.12. The molecule has 1 N–H and O–H groups in total. The van der Waals surface area contributed by atoms with Gasteiger partial charge in [-0.2, -0.15) is 5.10 Å². The highest BCUT2D eigenvalue weighted by atomic mass is 35.5. The van der Waals surface area contributed by atoms with Gasteiger partial charge < -0.3 is 9.80 Å². The molecule has 0 unspecified atom stereocenters. The summed E-state index contributed by atoms with van der Waals surface area (Å²) in [6.45, 7) is 1.71. The summed E-state index contributed by atoms with van der Waals surface area (Å²) in [4.78, 5) is 32.5. The van der Waals surface area contributed by atoms with Crippen LogP contribution < -0.4 is 10.5 Å². The van der Waals surface area contributed by atoms with Crippen molar-refractivity contribution < 1.29 is 4.79 Å². The fourth-order valence-corrected chi connectivity index (χ4v) is 3.51. The van der Waals surface area contributed by atoms with Crippen LogP contribution in [0, 0.1) is 0 Å². The van der Waals surface area contributed by atoms with Gasteiger partial charge >= 0.3 is 0 Å². The highest BCUT2D eigenvalue weighted by Gasteiger charge is 2.26. The van der Waals surface area contributed by atoms with Crippen LogP contribution in [0.2, 0.25) is 5.02 Å². The Hall–Kier alpha value is -3.19. The molecule has 1 aromatic carbocycles. The standard InChI is InChI=1S/C20H18ClN5O2/c21-18-16(11-23-24-20(18)28)25-9-10-26(17(27)13-25)12-15-7-4-8-22-19(15)14-5-2-1-3-6-14/h1-8,11H,9-10,12-13H2,(H,24,28). The summed E-state index contributed by atoms with van der Waals surface area (Å²) in [5.41, 5.74) is 2.90. The van der Waals surface area contributed by atoms with Gasteiger partial charge in [-0.3, -0.25) is 14.6 Å². The van der Waals surface area contributed by atoms with Crippen LogP contribution in [-0.4, -0.2) is 45.6 Å². The van der Waals surface area contributed by atoms with Gasteiger partial charge in [-0.05, 0) is 11.6 Å². The van der Waals surface area contributed by atoms with Crippen molar-refractivity contribution in [1.82, 2.24) is 20.1 Å². The van der Waals surface area contributed by atoms with Crippen molar-refractivity contribution in [2.75, 3.05) is 24.5 Å². The van der Waals surface area contributed by atoms with E-state index >= 15 is 0 Å². The van der Waals surface area contributed by atoms with Gasteiger partial charge in [0.15, 0.2) is 0 Å². The van der Waals surface area contributed by atoms with Gasteiger partial charge in [0.25, 0.3) is 5.56 Å². The summed E-state index contributed by atoms with van der Waals surface area (Å²) in [5.74, 6) is -0.0366. The lowest BCUT2D eigenvalue weighted by molar-refractivity contribution is -0.131. The number of anilines is 1. The zero-order valence-corrected chi connectivity index (χ0v) is 15.8. The number of nitrogens with one attached hydrogen (secondary N) is 1. The van der Waals surface area contributed by atoms with Gasteiger partial charge in [0, 0.05) is 31.4 Å². The van der Waals surface area contributed by atoms with E-state index in [0.717, 1.165) is 16.8 Å². The molecule has 0 bridgehead atoms. The van der Waals surface area contributed by atoms with E-state index in [1.54, 1.807) is 16.0 Å². The fraction of sp³-hybridized carbons (Fsp3) is 0.200. The maximum Gasteiger partial charge on any atom is 0.285 e. The Labute approximate surface area is 166 Å². The molecule has 1 aliphatic rings. The smallest absolute Gasteiger partial charge is 0.285 e. The summed E-state index contributed by atoms with van der Waals surface area (Å²) in [6, 6.07) is 13.8. The third kappa shape index (κ3) is 3.61. The molecule has 28 heavy (non-hydrogen) atoms. The van der Waals surface area contributed by atoms with Crippen molar-refractivity contribution in [2.24, 2.45) is 0 Å². The molecule has 1 fully saturated rings. The number of hydrogen-bond acceptors (Lipinski definition) is 5. The predicted octanol–water partition coefficient (Wildman–Crippen LogP) is 2.33. The van der Waals surface area contributed by atoms with Crippen molar-refractivity contribution in [3.63, 3.8) is 0 Å². The number of amides is 1. The summed E-state index contributed by atoms with van der Waals surface area (Å²) < 4.78 is 0. The Balaban J connectivity index is 1.52. The van der Waals surface area contributed by atoms with Gasteiger partial charge in [0.1, 0.15) is 5.02 Å². The molecule has 1 saturated heterocycles. The summed E-state index contributed by atoms with van der Waals surface area (Å²) in [7, 11) is 0. The van der Waals surface area contributed by atoms with Gasteiger partial charge in [-0.15, -0.1) is 0 Å². The average molecular weight is 396 g/mol. The van der Waals surface area contributed by atoms with Crippen LogP contribution in [0.1, 0.15) is 5.56 Å². The number of halogens is 1. The number of hydrogen-bond donors (Lipinski definition) is 1. The Morgan fingerprint density at radius 2 is 1.89 bits per heavy atom. The van der Waals surface area contributed by atoms with E-state index < -0.39 is 5.56 Å². The summed E-state index contributed by atoms with van der Waals surface area (Å²) >= 11 is 6.07. The van der Waals surface area contributed by atoms with Crippen molar-refractivity contribution in [1.29, 1.82) is 0 Å². The van der Waals surface area contributed by atoms with Gasteiger partial charge in [0.2, 0.25) is 5.91 Å². The lowest BCUT2D eigenvalue weighted by Crippen LogP contribution is -2.50. The molecule has 0 aliphatic carbocycles. The van der Waals surface area contributed by atoms with Gasteiger partial charge in [-0.25, -0.2) is 5.10 Å². The molecule has 0 spiro atoms. The molecule has 3 heterocycles. The van der Waals surface area contributed by atoms with Crippen LogP contribution in [-0.2, 0) is 11.3 Å². The van der Waals surface area contributed by atoms with E-state index in [4.69, 9.17) is 11.6 Å². The van der Waals surface area contributed by atoms with Gasteiger partial charge in [0.05, 0.1) is 24.1 Å². The molecule has 4 rings (SSSR count). The van der Waals surface area contributed by atoms with Crippen LogP contribution in [0.5, 0.6) is 0 Å². The minimum atomic E-state index is -0.461. The molecule has 0 saturated carbocycles. The first-order chi connectivity index (χ1) is 13.6. The number of aromatic amines is 1. The maximum absolute atomic E-state index is 12.7. The number of carbonyl (C=O) groups excluding carboxylic acids is 1. The number of aromatic nitrogens is 3. The van der Waals surface area contributed by atoms with Crippen molar-refractivity contribution in [3.05, 3.63) is 75.8 Å². The van der Waals surface area contributed by atoms with Crippen molar-refractivity contribution >= 4 is 23.2 Å². The molecule has 1 amide bonds. The number of nitrogens with zero attached hydrogens (tertiary/aromatic N) is 4. The normalized spacial score (nSPS) is 14.4. The third-order valence-corrected chi connectivity index (χ3v) is 5.10. The van der Waals surface area contributed by atoms with Crippen molar-refractivity contribution in [3.8, 4) is 11.3 Å². The average Bonchev–Trinajstić information content (AvgIpc) is 2.73. The lowest BCUT2D eigenvalue weighted by atomic mass is 10.1. The highest BCUT2D eigenvalue weighted by Crippen LogP contribution is 2.25. The molecule has 0 radical (unpaired) electrons. The molecule has 2 aromatic heterocycles. The number of benzene rings is 1. The second-order valence-corrected chi connectivity index (χ2v) is 6.89. The molecule has 0 atom stereocenters. The largest absolute Gasteiger partial charge is 0.358 e. The van der Waals surface area contributed by atoms with Crippen LogP contribution in [0.25, 0.3) is 11.3 Å². The molecule has 7 nitrogen and oxygen atoms in total. The van der Waals surface area contributed by atoms with Crippen LogP contribution in [0.4, 0.5) is 5.69 Å². The van der Waals surface area contributed by atoms with Crippen molar-refractivity contribution in [2.45, 2.75) is 6.54 Å². The topological polar surface area (TPSA) is 82.2 Å². The molecule has 1 aliphatic heterocycles. The Kier molecular flexibility index (Phi) is 5.08. The number of pyridine rings is 1. The molecule has 142 valence electrons. The molecule has 3 aromatic rings. The van der Waals surface area contributed by atoms with E-state index in [0.29, 0.717) is 25.3 Å². The first-order valence-electron chi connectivity index (χ1n) is 8.88. The monoisotopic (exact) mass is 395 g/mol. The number of carbonyl (C=O) groups is 1. The molecular weight excluding hydrogens is 378 g/mol. The van der Waals surface area contributed by atoms with E-state index in [1.807, 2.05) is 42.5 Å².